The molecule has 0 aliphatic rings. The molecule has 7 aromatic rings. The molecule has 0 fully saturated rings. The minimum Gasteiger partial charge on any atom is -0.142 e. The van der Waals surface area contributed by atoms with Crippen LogP contribution < -0.4 is 0 Å². The van der Waals surface area contributed by atoms with Gasteiger partial charge in [-0.15, -0.1) is 12.6 Å². The Hall–Kier alpha value is -5.11. The molecule has 0 aliphatic heterocycles. The Balaban J connectivity index is 1.66. The molecule has 7 rings (SSSR count). The van der Waals surface area contributed by atoms with Gasteiger partial charge in [0, 0.05) is 4.90 Å². The number of benzene rings is 7. The molecule has 0 N–H and O–H groups in total. The molecule has 7 aromatic carbocycles. The van der Waals surface area contributed by atoms with E-state index in [9.17, 15) is 0 Å². The summed E-state index contributed by atoms with van der Waals surface area (Å²) >= 11 is 5.75. The first kappa shape index (κ1) is 57.6. The fourth-order valence-electron chi connectivity index (χ4n) is 11.6. The van der Waals surface area contributed by atoms with Crippen molar-refractivity contribution < 1.29 is 0 Å². The van der Waals surface area contributed by atoms with E-state index in [1.807, 2.05) is 0 Å². The zero-order valence-electron chi connectivity index (χ0n) is 51.1. The van der Waals surface area contributed by atoms with Crippen LogP contribution in [0.1, 0.15) is 211 Å². The molecular weight excluding hydrogens is 921 g/mol. The highest BCUT2D eigenvalue weighted by Gasteiger charge is 2.33. The van der Waals surface area contributed by atoms with Crippen molar-refractivity contribution in [3.05, 3.63) is 172 Å². The highest BCUT2D eigenvalue weighted by molar-refractivity contribution is 7.80. The lowest BCUT2D eigenvalue weighted by molar-refractivity contribution is 0.571. The van der Waals surface area contributed by atoms with E-state index >= 15 is 0 Å². The Morgan fingerprint density at radius 3 is 0.520 bits per heavy atom. The van der Waals surface area contributed by atoms with E-state index in [-0.39, 0.29) is 43.3 Å². The Morgan fingerprint density at radius 1 is 0.213 bits per heavy atom. The first-order chi connectivity index (χ1) is 34.2. The summed E-state index contributed by atoms with van der Waals surface area (Å²) < 4.78 is 0. The second kappa shape index (κ2) is 19.7. The second-order valence-corrected chi connectivity index (χ2v) is 30.7. The minimum atomic E-state index is -0.0963. The summed E-state index contributed by atoms with van der Waals surface area (Å²) in [6.07, 6.45) is 0. The van der Waals surface area contributed by atoms with Crippen LogP contribution in [0.2, 0.25) is 0 Å². The quantitative estimate of drug-likeness (QED) is 0.158. The van der Waals surface area contributed by atoms with E-state index in [1.54, 1.807) is 0 Å². The maximum Gasteiger partial charge on any atom is 0.0197 e. The fraction of sp³-hybridized carbons (Fsp3) is 0.432. The van der Waals surface area contributed by atoms with Crippen molar-refractivity contribution in [1.82, 2.24) is 0 Å². The molecule has 0 atom stereocenters. The molecule has 0 radical (unpaired) electrons. The van der Waals surface area contributed by atoms with Crippen molar-refractivity contribution in [3.8, 4) is 66.8 Å². The lowest BCUT2D eigenvalue weighted by Crippen LogP contribution is -2.20. The summed E-state index contributed by atoms with van der Waals surface area (Å²) in [5.74, 6) is 0. The van der Waals surface area contributed by atoms with Gasteiger partial charge in [0.1, 0.15) is 0 Å². The maximum atomic E-state index is 5.75. The molecule has 0 heterocycles. The molecule has 0 aliphatic carbocycles. The fourth-order valence-corrected chi connectivity index (χ4v) is 12.0. The second-order valence-electron chi connectivity index (χ2n) is 30.2. The van der Waals surface area contributed by atoms with E-state index in [0.29, 0.717) is 0 Å². The normalized spacial score (nSPS) is 13.4. The molecule has 1 heteroatoms. The summed E-state index contributed by atoms with van der Waals surface area (Å²) in [6.45, 7) is 56.7. The van der Waals surface area contributed by atoms with Crippen LogP contribution in [0.5, 0.6) is 0 Å². The van der Waals surface area contributed by atoms with E-state index < -0.39 is 0 Å². The Kier molecular flexibility index (Phi) is 15.1. The molecule has 75 heavy (non-hydrogen) atoms. The average Bonchev–Trinajstić information content (AvgIpc) is 3.28. The molecular formula is C74H94S. The molecule has 0 amide bonds. The van der Waals surface area contributed by atoms with Gasteiger partial charge in [-0.1, -0.05) is 257 Å². The number of hydrogen-bond acceptors (Lipinski definition) is 1. The molecule has 0 unspecified atom stereocenters. The van der Waals surface area contributed by atoms with Crippen LogP contribution in [0, 0.1) is 0 Å². The van der Waals surface area contributed by atoms with Crippen LogP contribution in [0.25, 0.3) is 66.8 Å². The largest absolute Gasteiger partial charge is 0.142 e. The highest BCUT2D eigenvalue weighted by atomic mass is 32.1. The summed E-state index contributed by atoms with van der Waals surface area (Å²) in [4.78, 5) is 0.976. The average molecular weight is 1020 g/mol. The predicted octanol–water partition coefficient (Wildman–Crippen LogP) is 22.4. The van der Waals surface area contributed by atoms with Crippen molar-refractivity contribution in [1.29, 1.82) is 0 Å². The van der Waals surface area contributed by atoms with Gasteiger partial charge in [0.25, 0.3) is 0 Å². The zero-order valence-corrected chi connectivity index (χ0v) is 52.0. The monoisotopic (exact) mass is 1010 g/mol. The molecule has 0 saturated heterocycles. The van der Waals surface area contributed by atoms with Gasteiger partial charge in [0.05, 0.1) is 0 Å². The molecule has 0 nitrogen and oxygen atoms in total. The molecule has 396 valence electrons. The maximum absolute atomic E-state index is 5.75. The lowest BCUT2D eigenvalue weighted by atomic mass is 9.72. The lowest BCUT2D eigenvalue weighted by Gasteiger charge is -2.32. The SMILES string of the molecule is CC(C)(C)c1cccc(C(C)(C)C)c1-c1cc(-c2cccc(-c3cc(-c4c(C(C)(C)C)cccc4C(C)(C)C)cc(-c4c(C(C)(C)C)cccc4C(C)(C)C)c3)c2S)cc(-c2c(C(C)(C)C)cccc2C(C)(C)C)c1. The predicted molar refractivity (Wildman–Crippen MR) is 336 cm³/mol. The van der Waals surface area contributed by atoms with Gasteiger partial charge < -0.3 is 0 Å². The van der Waals surface area contributed by atoms with Crippen LogP contribution in [-0.4, -0.2) is 0 Å². The Bertz CT molecular complexity index is 2720. The summed E-state index contributed by atoms with van der Waals surface area (Å²) in [5, 5.41) is 0. The van der Waals surface area contributed by atoms with Gasteiger partial charge in [-0.2, -0.15) is 0 Å². The van der Waals surface area contributed by atoms with Crippen molar-refractivity contribution in [2.24, 2.45) is 0 Å². The van der Waals surface area contributed by atoms with E-state index in [1.165, 1.54) is 100 Å². The molecule has 0 saturated carbocycles. The smallest absolute Gasteiger partial charge is 0.0197 e. The van der Waals surface area contributed by atoms with E-state index in [4.69, 9.17) is 12.6 Å². The first-order valence-electron chi connectivity index (χ1n) is 27.9. The molecule has 0 aromatic heterocycles. The van der Waals surface area contributed by atoms with Crippen LogP contribution in [-0.2, 0) is 43.3 Å². The number of hydrogen-bond donors (Lipinski definition) is 1. The van der Waals surface area contributed by atoms with E-state index in [2.05, 4.69) is 294 Å². The van der Waals surface area contributed by atoms with Crippen molar-refractivity contribution in [2.45, 2.75) is 214 Å². The molecule has 0 bridgehead atoms. The summed E-state index contributed by atoms with van der Waals surface area (Å²) in [6, 6.07) is 49.8. The van der Waals surface area contributed by atoms with Gasteiger partial charge in [0.15, 0.2) is 0 Å². The van der Waals surface area contributed by atoms with Gasteiger partial charge >= 0.3 is 0 Å². The molecule has 0 spiro atoms. The standard InChI is InChI=1S/C74H94S/c1-67(2,3)54-32-26-33-55(68(4,5)6)62(54)48-40-46(41-49(44-48)63-56(69(7,8)9)34-27-35-57(63)70(10,11)12)52-30-25-31-53(66(52)75)47-42-50(64-58(71(13,14)15)36-28-37-59(64)72(16,17)18)45-51(43-47)65-60(73(19,20)21)38-29-39-61(65)74(22,23)24/h25-45,75H,1-24H3. The number of rotatable bonds is 6. The van der Waals surface area contributed by atoms with Gasteiger partial charge in [0.2, 0.25) is 0 Å². The minimum absolute atomic E-state index is 0.0963. The van der Waals surface area contributed by atoms with Crippen LogP contribution in [0.4, 0.5) is 0 Å². The van der Waals surface area contributed by atoms with Gasteiger partial charge in [-0.05, 0) is 191 Å². The summed E-state index contributed by atoms with van der Waals surface area (Å²) in [5.41, 5.74) is 25.0. The highest BCUT2D eigenvalue weighted by Crippen LogP contribution is 2.50. The Morgan fingerprint density at radius 2 is 0.360 bits per heavy atom. The number of thiol groups is 1. The zero-order chi connectivity index (χ0) is 56.0. The summed E-state index contributed by atoms with van der Waals surface area (Å²) in [7, 11) is 0. The third kappa shape index (κ3) is 11.9. The Labute approximate surface area is 463 Å². The third-order valence-electron chi connectivity index (χ3n) is 15.4. The van der Waals surface area contributed by atoms with Crippen molar-refractivity contribution in [2.75, 3.05) is 0 Å². The topological polar surface area (TPSA) is 0 Å². The van der Waals surface area contributed by atoms with Crippen LogP contribution in [0.15, 0.2) is 132 Å². The van der Waals surface area contributed by atoms with Crippen LogP contribution in [0.3, 0.4) is 0 Å². The first-order valence-corrected chi connectivity index (χ1v) is 28.4. The van der Waals surface area contributed by atoms with Gasteiger partial charge in [-0.25, -0.2) is 0 Å². The van der Waals surface area contributed by atoms with Crippen molar-refractivity contribution in [3.63, 3.8) is 0 Å². The van der Waals surface area contributed by atoms with E-state index in [0.717, 1.165) is 16.0 Å². The van der Waals surface area contributed by atoms with Crippen molar-refractivity contribution >= 4 is 12.6 Å². The third-order valence-corrected chi connectivity index (χ3v) is 15.9. The van der Waals surface area contributed by atoms with Crippen LogP contribution >= 0.6 is 12.6 Å². The van der Waals surface area contributed by atoms with Gasteiger partial charge in [-0.3, -0.25) is 0 Å².